The van der Waals surface area contributed by atoms with Gasteiger partial charge in [0.25, 0.3) is 0 Å². The number of aliphatic hydroxyl groups excluding tert-OH is 1. The first kappa shape index (κ1) is 21.5. The molecule has 1 heterocycles. The van der Waals surface area contributed by atoms with Crippen LogP contribution in [0.4, 0.5) is 11.4 Å². The Morgan fingerprint density at radius 2 is 1.72 bits per heavy atom. The molecule has 3 N–H and O–H groups in total. The number of benzene rings is 2. The van der Waals surface area contributed by atoms with Crippen LogP contribution >= 0.6 is 11.6 Å². The lowest BCUT2D eigenvalue weighted by atomic mass is 10.2. The lowest BCUT2D eigenvalue weighted by Gasteiger charge is -2.29. The minimum Gasteiger partial charge on any atom is -0.394 e. The van der Waals surface area contributed by atoms with Gasteiger partial charge in [-0.15, -0.1) is 0 Å². The Kier molecular flexibility index (Phi) is 7.09. The van der Waals surface area contributed by atoms with E-state index in [0.717, 1.165) is 18.8 Å². The number of hydrogen-bond acceptors (Lipinski definition) is 6. The normalized spacial score (nSPS) is 15.7. The monoisotopic (exact) mass is 439 g/mol. The average Bonchev–Trinajstić information content (AvgIpc) is 2.73. The minimum absolute atomic E-state index is 0.0528. The summed E-state index contributed by atoms with van der Waals surface area (Å²) in [6, 6.07) is 11.4. The maximum absolute atomic E-state index is 12.4. The largest absolute Gasteiger partial charge is 0.394 e. The van der Waals surface area contributed by atoms with Crippen LogP contribution in [0.5, 0.6) is 0 Å². The maximum atomic E-state index is 12.4. The molecule has 1 amide bonds. The molecule has 0 radical (unpaired) electrons. The van der Waals surface area contributed by atoms with E-state index in [0.29, 0.717) is 23.9 Å². The molecular weight excluding hydrogens is 418 g/mol. The van der Waals surface area contributed by atoms with Gasteiger partial charge in [0.1, 0.15) is 6.04 Å². The van der Waals surface area contributed by atoms with Gasteiger partial charge in [-0.2, -0.15) is 4.72 Å². The van der Waals surface area contributed by atoms with Crippen molar-refractivity contribution in [3.8, 4) is 0 Å². The average molecular weight is 440 g/mol. The number of carbonyl (C=O) groups excluding carboxylic acids is 1. The molecule has 0 aliphatic carbocycles. The van der Waals surface area contributed by atoms with Crippen LogP contribution in [0.1, 0.15) is 0 Å². The van der Waals surface area contributed by atoms with Crippen molar-refractivity contribution in [2.24, 2.45) is 0 Å². The second kappa shape index (κ2) is 9.55. The highest BCUT2D eigenvalue weighted by atomic mass is 35.5. The predicted molar refractivity (Wildman–Crippen MR) is 111 cm³/mol. The second-order valence-corrected chi connectivity index (χ2v) is 8.60. The number of amides is 1. The Hall–Kier alpha value is -2.17. The Bertz CT molecular complexity index is 929. The number of morpholine rings is 1. The van der Waals surface area contributed by atoms with E-state index in [-0.39, 0.29) is 4.90 Å². The molecule has 2 aromatic rings. The van der Waals surface area contributed by atoms with Crippen molar-refractivity contribution in [3.05, 3.63) is 53.6 Å². The van der Waals surface area contributed by atoms with Crippen molar-refractivity contribution >= 4 is 38.9 Å². The quantitative estimate of drug-likeness (QED) is 0.602. The SMILES string of the molecule is O=C(Nc1ccc(N2CCOCC2)cc1)C(CO)NS(=O)(=O)c1ccc(Cl)cc1. The first-order chi connectivity index (χ1) is 13.9. The van der Waals surface area contributed by atoms with Crippen molar-refractivity contribution in [2.45, 2.75) is 10.9 Å². The van der Waals surface area contributed by atoms with Gasteiger partial charge in [-0.1, -0.05) is 11.6 Å². The number of nitrogens with zero attached hydrogens (tertiary/aromatic N) is 1. The van der Waals surface area contributed by atoms with Crippen LogP contribution in [0.2, 0.25) is 5.02 Å². The number of halogens is 1. The van der Waals surface area contributed by atoms with Crippen LogP contribution in [0.3, 0.4) is 0 Å². The van der Waals surface area contributed by atoms with Crippen molar-refractivity contribution in [3.63, 3.8) is 0 Å². The Labute approximate surface area is 174 Å². The number of ether oxygens (including phenoxy) is 1. The molecular formula is C19H22ClN3O5S. The van der Waals surface area contributed by atoms with Crippen LogP contribution in [0.25, 0.3) is 0 Å². The molecule has 156 valence electrons. The first-order valence-electron chi connectivity index (χ1n) is 9.01. The highest BCUT2D eigenvalue weighted by Crippen LogP contribution is 2.19. The van der Waals surface area contributed by atoms with Crippen molar-refractivity contribution in [1.29, 1.82) is 0 Å². The van der Waals surface area contributed by atoms with Gasteiger partial charge in [-0.25, -0.2) is 8.42 Å². The standard InChI is InChI=1S/C19H22ClN3O5S/c20-14-1-7-17(8-2-14)29(26,27)22-18(13-24)19(25)21-15-3-5-16(6-4-15)23-9-11-28-12-10-23/h1-8,18,22,24H,9-13H2,(H,21,25). The van der Waals surface area contributed by atoms with Gasteiger partial charge < -0.3 is 20.1 Å². The summed E-state index contributed by atoms with van der Waals surface area (Å²) in [6.07, 6.45) is 0. The molecule has 1 unspecified atom stereocenters. The maximum Gasteiger partial charge on any atom is 0.244 e. The van der Waals surface area contributed by atoms with Gasteiger partial charge in [0, 0.05) is 29.5 Å². The summed E-state index contributed by atoms with van der Waals surface area (Å²) < 4.78 is 32.4. The third kappa shape index (κ3) is 5.68. The number of rotatable bonds is 7. The van der Waals surface area contributed by atoms with E-state index in [1.54, 1.807) is 12.1 Å². The number of sulfonamides is 1. The molecule has 3 rings (SSSR count). The molecule has 0 saturated carbocycles. The molecule has 1 saturated heterocycles. The fourth-order valence-electron chi connectivity index (χ4n) is 2.85. The van der Waals surface area contributed by atoms with E-state index in [1.165, 1.54) is 24.3 Å². The molecule has 8 nitrogen and oxygen atoms in total. The number of nitrogens with one attached hydrogen (secondary N) is 2. The van der Waals surface area contributed by atoms with Gasteiger partial charge in [-0.05, 0) is 48.5 Å². The summed E-state index contributed by atoms with van der Waals surface area (Å²) >= 11 is 5.77. The summed E-state index contributed by atoms with van der Waals surface area (Å²) in [7, 11) is -3.99. The highest BCUT2D eigenvalue weighted by molar-refractivity contribution is 7.89. The van der Waals surface area contributed by atoms with E-state index in [9.17, 15) is 18.3 Å². The van der Waals surface area contributed by atoms with Crippen LogP contribution in [0.15, 0.2) is 53.4 Å². The van der Waals surface area contributed by atoms with Gasteiger partial charge in [-0.3, -0.25) is 4.79 Å². The number of anilines is 2. The van der Waals surface area contributed by atoms with Crippen molar-refractivity contribution < 1.29 is 23.1 Å². The molecule has 10 heteroatoms. The van der Waals surface area contributed by atoms with Gasteiger partial charge >= 0.3 is 0 Å². The molecule has 1 aliphatic heterocycles. The lowest BCUT2D eigenvalue weighted by molar-refractivity contribution is -0.118. The molecule has 0 bridgehead atoms. The number of aliphatic hydroxyl groups is 1. The minimum atomic E-state index is -3.99. The van der Waals surface area contributed by atoms with E-state index in [4.69, 9.17) is 16.3 Å². The zero-order chi connectivity index (χ0) is 20.9. The Balaban J connectivity index is 1.64. The van der Waals surface area contributed by atoms with Gasteiger partial charge in [0.05, 0.1) is 24.7 Å². The number of carbonyl (C=O) groups is 1. The Morgan fingerprint density at radius 1 is 1.10 bits per heavy atom. The summed E-state index contributed by atoms with van der Waals surface area (Å²) in [6.45, 7) is 2.24. The van der Waals surface area contributed by atoms with Crippen molar-refractivity contribution in [1.82, 2.24) is 4.72 Å². The molecule has 0 aromatic heterocycles. The van der Waals surface area contributed by atoms with E-state index >= 15 is 0 Å². The zero-order valence-corrected chi connectivity index (χ0v) is 17.1. The van der Waals surface area contributed by atoms with Crippen LogP contribution in [0, 0.1) is 0 Å². The molecule has 2 aromatic carbocycles. The van der Waals surface area contributed by atoms with Crippen LogP contribution in [-0.2, 0) is 19.6 Å². The molecule has 29 heavy (non-hydrogen) atoms. The second-order valence-electron chi connectivity index (χ2n) is 6.45. The van der Waals surface area contributed by atoms with Gasteiger partial charge in [0.15, 0.2) is 0 Å². The van der Waals surface area contributed by atoms with E-state index < -0.39 is 28.6 Å². The molecule has 1 fully saturated rings. The fourth-order valence-corrected chi connectivity index (χ4v) is 4.16. The van der Waals surface area contributed by atoms with Crippen molar-refractivity contribution in [2.75, 3.05) is 43.1 Å². The van der Waals surface area contributed by atoms with Gasteiger partial charge in [0.2, 0.25) is 15.9 Å². The van der Waals surface area contributed by atoms with Crippen LogP contribution < -0.4 is 14.9 Å². The first-order valence-corrected chi connectivity index (χ1v) is 10.9. The fraction of sp³-hybridized carbons (Fsp3) is 0.316. The third-order valence-electron chi connectivity index (χ3n) is 4.43. The molecule has 0 spiro atoms. The summed E-state index contributed by atoms with van der Waals surface area (Å²) in [5, 5.41) is 12.5. The van der Waals surface area contributed by atoms with E-state index in [2.05, 4.69) is 14.9 Å². The molecule has 1 aliphatic rings. The summed E-state index contributed by atoms with van der Waals surface area (Å²) in [5.41, 5.74) is 1.50. The highest BCUT2D eigenvalue weighted by Gasteiger charge is 2.25. The van der Waals surface area contributed by atoms with Crippen LogP contribution in [-0.4, -0.2) is 58.4 Å². The zero-order valence-electron chi connectivity index (χ0n) is 15.5. The lowest BCUT2D eigenvalue weighted by Crippen LogP contribution is -2.46. The number of hydrogen-bond donors (Lipinski definition) is 3. The van der Waals surface area contributed by atoms with E-state index in [1.807, 2.05) is 12.1 Å². The summed E-state index contributed by atoms with van der Waals surface area (Å²) in [5.74, 6) is -0.663. The Morgan fingerprint density at radius 3 is 2.31 bits per heavy atom. The smallest absolute Gasteiger partial charge is 0.244 e. The molecule has 1 atom stereocenters. The summed E-state index contributed by atoms with van der Waals surface area (Å²) in [4.78, 5) is 14.6. The topological polar surface area (TPSA) is 108 Å². The predicted octanol–water partition coefficient (Wildman–Crippen LogP) is 1.45. The third-order valence-corrected chi connectivity index (χ3v) is 6.17.